The lowest BCUT2D eigenvalue weighted by Crippen LogP contribution is -2.40. The smallest absolute Gasteiger partial charge is 0.240 e. The van der Waals surface area contributed by atoms with E-state index in [-0.39, 0.29) is 23.1 Å². The first-order valence-corrected chi connectivity index (χ1v) is 5.84. The topological polar surface area (TPSA) is 145 Å². The van der Waals surface area contributed by atoms with Crippen LogP contribution in [0.3, 0.4) is 0 Å². The number of halogens is 1. The first kappa shape index (κ1) is 13.0. The Morgan fingerprint density at radius 1 is 1.55 bits per heavy atom. The molecule has 2 aromatic rings. The van der Waals surface area contributed by atoms with Crippen molar-refractivity contribution in [3.05, 3.63) is 11.9 Å². The van der Waals surface area contributed by atoms with E-state index in [0.29, 0.717) is 0 Å². The fourth-order valence-corrected chi connectivity index (χ4v) is 2.28. The third-order valence-corrected chi connectivity index (χ3v) is 3.34. The minimum atomic E-state index is -2.26. The maximum absolute atomic E-state index is 15.0. The molecule has 0 radical (unpaired) electrons. The number of hydrogen-bond acceptors (Lipinski definition) is 8. The number of aliphatic hydroxyl groups excluding tert-OH is 2. The van der Waals surface area contributed by atoms with Crippen molar-refractivity contribution < 1.29 is 19.3 Å². The van der Waals surface area contributed by atoms with Crippen molar-refractivity contribution in [1.82, 2.24) is 19.6 Å². The highest BCUT2D eigenvalue weighted by Crippen LogP contribution is 2.38. The Morgan fingerprint density at radius 2 is 2.30 bits per heavy atom. The summed E-state index contributed by atoms with van der Waals surface area (Å²) in [5.41, 5.74) is 8.91. The number of nitrogens with zero attached hydrogens (tertiary/aromatic N) is 4. The molecule has 0 saturated carbocycles. The lowest BCUT2D eigenvalue weighted by atomic mass is 9.95. The number of anilines is 2. The highest BCUT2D eigenvalue weighted by atomic mass is 19.1. The van der Waals surface area contributed by atoms with Crippen LogP contribution in [-0.4, -0.2) is 55.2 Å². The van der Waals surface area contributed by atoms with Crippen LogP contribution in [0.25, 0.3) is 5.65 Å². The highest BCUT2D eigenvalue weighted by Gasteiger charge is 2.53. The number of nitrogens with two attached hydrogens (primary N) is 2. The van der Waals surface area contributed by atoms with Gasteiger partial charge < -0.3 is 26.4 Å². The molecular formula is C10H13FN6O3. The summed E-state index contributed by atoms with van der Waals surface area (Å²) < 4.78 is 21.1. The van der Waals surface area contributed by atoms with E-state index in [1.165, 1.54) is 6.20 Å². The summed E-state index contributed by atoms with van der Waals surface area (Å²) in [5.74, 6) is -0.149. The molecule has 0 bridgehead atoms. The number of aromatic nitrogens is 4. The Balaban J connectivity index is 2.15. The van der Waals surface area contributed by atoms with Crippen LogP contribution in [0.1, 0.15) is 5.69 Å². The number of alkyl halides is 1. The van der Waals surface area contributed by atoms with Crippen molar-refractivity contribution in [2.75, 3.05) is 24.7 Å². The predicted octanol–water partition coefficient (Wildman–Crippen LogP) is -1.79. The SMILES string of the molecule is Nc1nc(N)c2ncc(C3(F)CO[C@H](CO)[C@H]3O)n2n1. The van der Waals surface area contributed by atoms with Crippen molar-refractivity contribution in [2.45, 2.75) is 17.9 Å². The van der Waals surface area contributed by atoms with Gasteiger partial charge in [0.05, 0.1) is 19.4 Å². The molecule has 3 heterocycles. The van der Waals surface area contributed by atoms with E-state index < -0.39 is 31.1 Å². The van der Waals surface area contributed by atoms with Gasteiger partial charge in [0.25, 0.3) is 0 Å². The summed E-state index contributed by atoms with van der Waals surface area (Å²) in [4.78, 5) is 7.64. The van der Waals surface area contributed by atoms with Gasteiger partial charge in [-0.15, -0.1) is 5.10 Å². The third-order valence-electron chi connectivity index (χ3n) is 3.34. The summed E-state index contributed by atoms with van der Waals surface area (Å²) >= 11 is 0. The number of ether oxygens (including phenoxy) is 1. The molecule has 0 aliphatic carbocycles. The van der Waals surface area contributed by atoms with Gasteiger partial charge in [-0.1, -0.05) is 0 Å². The molecular weight excluding hydrogens is 271 g/mol. The third kappa shape index (κ3) is 1.62. The lowest BCUT2D eigenvalue weighted by Gasteiger charge is -2.22. The number of rotatable bonds is 2. The monoisotopic (exact) mass is 284 g/mol. The Bertz CT molecular complexity index is 664. The molecule has 108 valence electrons. The average molecular weight is 284 g/mol. The quantitative estimate of drug-likeness (QED) is 0.505. The van der Waals surface area contributed by atoms with Crippen LogP contribution in [0.2, 0.25) is 0 Å². The molecule has 6 N–H and O–H groups in total. The van der Waals surface area contributed by atoms with E-state index in [1.807, 2.05) is 0 Å². The number of aliphatic hydroxyl groups is 2. The Hall–Kier alpha value is -2.04. The fraction of sp³-hybridized carbons (Fsp3) is 0.500. The standard InChI is InChI=1S/C10H13FN6O3/c11-10(3-20-4(2-18)6(10)19)5-1-14-8-7(12)15-9(13)16-17(5)8/h1,4,6,18-19H,2-3H2,(H4,12,13,15,16)/t4-,6-,10?/m1/s1. The maximum Gasteiger partial charge on any atom is 0.240 e. The Morgan fingerprint density at radius 3 is 2.95 bits per heavy atom. The van der Waals surface area contributed by atoms with Crippen LogP contribution in [-0.2, 0) is 10.4 Å². The zero-order valence-corrected chi connectivity index (χ0v) is 10.3. The second-order valence-corrected chi connectivity index (χ2v) is 4.57. The summed E-state index contributed by atoms with van der Waals surface area (Å²) in [5, 5.41) is 22.8. The van der Waals surface area contributed by atoms with Gasteiger partial charge >= 0.3 is 0 Å². The summed E-state index contributed by atoms with van der Waals surface area (Å²) in [6.45, 7) is -0.931. The van der Waals surface area contributed by atoms with Crippen molar-refractivity contribution in [3.8, 4) is 0 Å². The molecule has 1 aliphatic rings. The van der Waals surface area contributed by atoms with E-state index in [2.05, 4.69) is 15.1 Å². The molecule has 1 unspecified atom stereocenters. The van der Waals surface area contributed by atoms with E-state index in [4.69, 9.17) is 21.3 Å². The van der Waals surface area contributed by atoms with E-state index in [0.717, 1.165) is 4.52 Å². The summed E-state index contributed by atoms with van der Waals surface area (Å²) in [6, 6.07) is 0. The minimum Gasteiger partial charge on any atom is -0.394 e. The predicted molar refractivity (Wildman–Crippen MR) is 65.2 cm³/mol. The van der Waals surface area contributed by atoms with Gasteiger partial charge in [-0.25, -0.2) is 13.9 Å². The van der Waals surface area contributed by atoms with Gasteiger partial charge in [0.2, 0.25) is 11.6 Å². The van der Waals surface area contributed by atoms with E-state index in [1.54, 1.807) is 0 Å². The van der Waals surface area contributed by atoms with Crippen LogP contribution >= 0.6 is 0 Å². The molecule has 0 aromatic carbocycles. The maximum atomic E-state index is 15.0. The van der Waals surface area contributed by atoms with Gasteiger partial charge in [-0.3, -0.25) is 0 Å². The molecule has 9 nitrogen and oxygen atoms in total. The van der Waals surface area contributed by atoms with Gasteiger partial charge in [0.15, 0.2) is 11.5 Å². The van der Waals surface area contributed by atoms with Crippen LogP contribution in [0, 0.1) is 0 Å². The molecule has 0 amide bonds. The molecule has 0 spiro atoms. The highest BCUT2D eigenvalue weighted by molar-refractivity contribution is 5.61. The average Bonchev–Trinajstić information content (AvgIpc) is 2.94. The van der Waals surface area contributed by atoms with Crippen LogP contribution in [0.15, 0.2) is 6.20 Å². The number of nitrogen functional groups attached to an aromatic ring is 2. The van der Waals surface area contributed by atoms with Crippen molar-refractivity contribution in [3.63, 3.8) is 0 Å². The minimum absolute atomic E-state index is 0.000497. The van der Waals surface area contributed by atoms with Gasteiger partial charge in [0.1, 0.15) is 17.9 Å². The van der Waals surface area contributed by atoms with Crippen LogP contribution in [0.4, 0.5) is 16.2 Å². The molecule has 1 saturated heterocycles. The first-order valence-electron chi connectivity index (χ1n) is 5.84. The zero-order chi connectivity index (χ0) is 14.5. The Labute approximate surface area is 112 Å². The van der Waals surface area contributed by atoms with Gasteiger partial charge in [-0.05, 0) is 0 Å². The second kappa shape index (κ2) is 4.23. The first-order chi connectivity index (χ1) is 9.47. The lowest BCUT2D eigenvalue weighted by molar-refractivity contribution is -0.0168. The normalized spacial score (nSPS) is 30.1. The van der Waals surface area contributed by atoms with Crippen molar-refractivity contribution in [2.24, 2.45) is 0 Å². The fourth-order valence-electron chi connectivity index (χ4n) is 2.28. The van der Waals surface area contributed by atoms with E-state index >= 15 is 4.39 Å². The molecule has 20 heavy (non-hydrogen) atoms. The molecule has 2 aromatic heterocycles. The second-order valence-electron chi connectivity index (χ2n) is 4.57. The van der Waals surface area contributed by atoms with Crippen LogP contribution < -0.4 is 11.5 Å². The Kier molecular flexibility index (Phi) is 2.74. The summed E-state index contributed by atoms with van der Waals surface area (Å²) in [7, 11) is 0. The molecule has 1 fully saturated rings. The van der Waals surface area contributed by atoms with Gasteiger partial charge in [0, 0.05) is 0 Å². The number of imidazole rings is 1. The molecule has 3 atom stereocenters. The largest absolute Gasteiger partial charge is 0.394 e. The van der Waals surface area contributed by atoms with Crippen molar-refractivity contribution in [1.29, 1.82) is 0 Å². The van der Waals surface area contributed by atoms with E-state index in [9.17, 15) is 5.11 Å². The van der Waals surface area contributed by atoms with Gasteiger partial charge in [-0.2, -0.15) is 4.98 Å². The number of hydrogen-bond donors (Lipinski definition) is 4. The van der Waals surface area contributed by atoms with Crippen molar-refractivity contribution >= 4 is 17.4 Å². The number of fused-ring (bicyclic) bond motifs is 1. The molecule has 1 aliphatic heterocycles. The van der Waals surface area contributed by atoms with Crippen LogP contribution in [0.5, 0.6) is 0 Å². The molecule has 3 rings (SSSR count). The zero-order valence-electron chi connectivity index (χ0n) is 10.3. The summed E-state index contributed by atoms with van der Waals surface area (Å²) in [6.07, 6.45) is -1.38. The molecule has 10 heteroatoms.